The second kappa shape index (κ2) is 12.6. The van der Waals surface area contributed by atoms with Crippen LogP contribution in [0.5, 0.6) is 0 Å². The van der Waals surface area contributed by atoms with E-state index in [0.717, 1.165) is 16.7 Å². The molecule has 1 heterocycles. The molecule has 4 atom stereocenters. The number of ether oxygens (including phenoxy) is 3. The lowest BCUT2D eigenvalue weighted by Gasteiger charge is -2.41. The lowest BCUT2D eigenvalue weighted by molar-refractivity contribution is -0.172. The molecule has 0 aromatic heterocycles. The summed E-state index contributed by atoms with van der Waals surface area (Å²) in [5.74, 6) is -0.261. The molecular weight excluding hydrogens is 476 g/mol. The Labute approximate surface area is 214 Å². The average molecular weight is 511 g/mol. The fraction of sp³-hybridized carbons (Fsp3) is 0.379. The Balaban J connectivity index is 1.40. The van der Waals surface area contributed by atoms with Crippen LogP contribution in [-0.4, -0.2) is 40.4 Å². The van der Waals surface area contributed by atoms with Gasteiger partial charge in [-0.1, -0.05) is 85.3 Å². The van der Waals surface area contributed by atoms with Gasteiger partial charge in [0.1, 0.15) is 0 Å². The molecule has 0 bridgehead atoms. The molecule has 1 aliphatic rings. The summed E-state index contributed by atoms with van der Waals surface area (Å²) in [5, 5.41) is 0. The van der Waals surface area contributed by atoms with Crippen LogP contribution in [0.2, 0.25) is 0 Å². The maximum Gasteiger partial charge on any atom is 0.296 e. The van der Waals surface area contributed by atoms with Gasteiger partial charge in [0.15, 0.2) is 0 Å². The standard InChI is InChI=1S/C29H34O6S/c1-22-13-15-27(16-14-22)36(30,31)35-20-26-19-33-28(21-32-17-24-9-5-3-6-10-24)23(2)29(26)34-18-25-11-7-4-8-12-25/h3-16,23,26,28-29H,17-21H2,1-2H3/t23-,26-,28+,29-/m0/s1. The zero-order valence-electron chi connectivity index (χ0n) is 20.8. The van der Waals surface area contributed by atoms with Crippen LogP contribution in [0.25, 0.3) is 0 Å². The van der Waals surface area contributed by atoms with E-state index in [9.17, 15) is 8.42 Å². The molecular formula is C29H34O6S. The Morgan fingerprint density at radius 3 is 2.08 bits per heavy atom. The number of hydrogen-bond donors (Lipinski definition) is 0. The van der Waals surface area contributed by atoms with E-state index in [2.05, 4.69) is 6.92 Å². The molecule has 36 heavy (non-hydrogen) atoms. The zero-order chi connectivity index (χ0) is 25.4. The summed E-state index contributed by atoms with van der Waals surface area (Å²) in [5.41, 5.74) is 3.14. The highest BCUT2D eigenvalue weighted by atomic mass is 32.2. The SMILES string of the molecule is Cc1ccc(S(=O)(=O)OC[C@@H]2CO[C@H](COCc3ccccc3)[C@H](C)[C@@H]2OCc2ccccc2)cc1. The third-order valence-electron chi connectivity index (χ3n) is 6.52. The van der Waals surface area contributed by atoms with Crippen LogP contribution in [-0.2, 0) is 41.7 Å². The molecule has 0 N–H and O–H groups in total. The summed E-state index contributed by atoms with van der Waals surface area (Å²) in [6, 6.07) is 26.6. The molecule has 192 valence electrons. The second-order valence-electron chi connectivity index (χ2n) is 9.30. The first-order valence-electron chi connectivity index (χ1n) is 12.3. The number of aryl methyl sites for hydroxylation is 1. The Bertz CT molecular complexity index is 1170. The monoisotopic (exact) mass is 510 g/mol. The van der Waals surface area contributed by atoms with Crippen molar-refractivity contribution in [2.75, 3.05) is 19.8 Å². The second-order valence-corrected chi connectivity index (χ2v) is 10.9. The summed E-state index contributed by atoms with van der Waals surface area (Å²) in [6.45, 7) is 5.64. The van der Waals surface area contributed by atoms with E-state index in [-0.39, 0.29) is 35.5 Å². The fourth-order valence-electron chi connectivity index (χ4n) is 4.35. The molecule has 7 heteroatoms. The van der Waals surface area contributed by atoms with Crippen molar-refractivity contribution in [3.63, 3.8) is 0 Å². The van der Waals surface area contributed by atoms with Crippen LogP contribution in [0.3, 0.4) is 0 Å². The smallest absolute Gasteiger partial charge is 0.296 e. The molecule has 1 saturated heterocycles. The average Bonchev–Trinajstić information content (AvgIpc) is 2.89. The maximum absolute atomic E-state index is 12.8. The third kappa shape index (κ3) is 7.24. The van der Waals surface area contributed by atoms with Crippen LogP contribution >= 0.6 is 0 Å². The molecule has 0 unspecified atom stereocenters. The fourth-order valence-corrected chi connectivity index (χ4v) is 5.31. The Kier molecular flexibility index (Phi) is 9.29. The van der Waals surface area contributed by atoms with Crippen LogP contribution < -0.4 is 0 Å². The lowest BCUT2D eigenvalue weighted by Crippen LogP contribution is -2.49. The van der Waals surface area contributed by atoms with Crippen molar-refractivity contribution >= 4 is 10.1 Å². The highest BCUT2D eigenvalue weighted by Gasteiger charge is 2.39. The van der Waals surface area contributed by atoms with Gasteiger partial charge >= 0.3 is 0 Å². The summed E-state index contributed by atoms with van der Waals surface area (Å²) in [7, 11) is -3.88. The summed E-state index contributed by atoms with van der Waals surface area (Å²) in [4.78, 5) is 0.145. The summed E-state index contributed by atoms with van der Waals surface area (Å²) < 4.78 is 49.5. The van der Waals surface area contributed by atoms with Gasteiger partial charge < -0.3 is 14.2 Å². The van der Waals surface area contributed by atoms with Crippen molar-refractivity contribution in [3.05, 3.63) is 102 Å². The minimum atomic E-state index is -3.88. The molecule has 0 radical (unpaired) electrons. The van der Waals surface area contributed by atoms with Crippen LogP contribution in [0.4, 0.5) is 0 Å². The minimum Gasteiger partial charge on any atom is -0.375 e. The quantitative estimate of drug-likeness (QED) is 0.332. The van der Waals surface area contributed by atoms with Gasteiger partial charge in [0.25, 0.3) is 10.1 Å². The minimum absolute atomic E-state index is 0.0163. The largest absolute Gasteiger partial charge is 0.375 e. The number of hydrogen-bond acceptors (Lipinski definition) is 6. The van der Waals surface area contributed by atoms with E-state index >= 15 is 0 Å². The van der Waals surface area contributed by atoms with Crippen molar-refractivity contribution < 1.29 is 26.8 Å². The topological polar surface area (TPSA) is 71.1 Å². The molecule has 6 nitrogen and oxygen atoms in total. The van der Waals surface area contributed by atoms with Crippen molar-refractivity contribution in [1.82, 2.24) is 0 Å². The molecule has 3 aromatic rings. The predicted molar refractivity (Wildman–Crippen MR) is 138 cm³/mol. The highest BCUT2D eigenvalue weighted by molar-refractivity contribution is 7.86. The van der Waals surface area contributed by atoms with E-state index in [1.165, 1.54) is 0 Å². The molecule has 1 fully saturated rings. The van der Waals surface area contributed by atoms with E-state index in [0.29, 0.717) is 26.4 Å². The van der Waals surface area contributed by atoms with Crippen LogP contribution in [0.15, 0.2) is 89.8 Å². The first-order chi connectivity index (χ1) is 17.4. The van der Waals surface area contributed by atoms with Crippen LogP contribution in [0, 0.1) is 18.8 Å². The first-order valence-corrected chi connectivity index (χ1v) is 13.7. The van der Waals surface area contributed by atoms with Crippen molar-refractivity contribution in [2.24, 2.45) is 11.8 Å². The Hall–Kier alpha value is -2.55. The summed E-state index contributed by atoms with van der Waals surface area (Å²) in [6.07, 6.45) is -0.419. The lowest BCUT2D eigenvalue weighted by atomic mass is 9.86. The predicted octanol–water partition coefficient (Wildman–Crippen LogP) is 5.15. The van der Waals surface area contributed by atoms with Crippen molar-refractivity contribution in [2.45, 2.75) is 44.2 Å². The molecule has 0 aliphatic carbocycles. The van der Waals surface area contributed by atoms with E-state index < -0.39 is 10.1 Å². The number of rotatable bonds is 11. The van der Waals surface area contributed by atoms with Gasteiger partial charge in [0, 0.05) is 11.8 Å². The molecule has 4 rings (SSSR count). The van der Waals surface area contributed by atoms with E-state index in [1.54, 1.807) is 24.3 Å². The third-order valence-corrected chi connectivity index (χ3v) is 7.82. The van der Waals surface area contributed by atoms with Gasteiger partial charge in [0.2, 0.25) is 0 Å². The zero-order valence-corrected chi connectivity index (χ0v) is 21.6. The van der Waals surface area contributed by atoms with E-state index in [1.807, 2.05) is 67.6 Å². The van der Waals surface area contributed by atoms with Crippen molar-refractivity contribution in [1.29, 1.82) is 0 Å². The first kappa shape index (κ1) is 26.5. The van der Waals surface area contributed by atoms with Gasteiger partial charge in [-0.15, -0.1) is 0 Å². The highest BCUT2D eigenvalue weighted by Crippen LogP contribution is 2.31. The van der Waals surface area contributed by atoms with Crippen LogP contribution in [0.1, 0.15) is 23.6 Å². The molecule has 0 spiro atoms. The summed E-state index contributed by atoms with van der Waals surface area (Å²) >= 11 is 0. The molecule has 3 aromatic carbocycles. The Morgan fingerprint density at radius 2 is 1.44 bits per heavy atom. The van der Waals surface area contributed by atoms with E-state index in [4.69, 9.17) is 18.4 Å². The number of benzene rings is 3. The molecule has 0 saturated carbocycles. The van der Waals surface area contributed by atoms with Gasteiger partial charge in [-0.3, -0.25) is 4.18 Å². The molecule has 0 amide bonds. The normalized spacial score (nSPS) is 22.4. The Morgan fingerprint density at radius 1 is 0.833 bits per heavy atom. The van der Waals surface area contributed by atoms with Gasteiger partial charge in [-0.2, -0.15) is 8.42 Å². The van der Waals surface area contributed by atoms with Gasteiger partial charge in [0.05, 0.1) is 50.1 Å². The maximum atomic E-state index is 12.8. The van der Waals surface area contributed by atoms with Crippen molar-refractivity contribution in [3.8, 4) is 0 Å². The molecule has 1 aliphatic heterocycles. The van der Waals surface area contributed by atoms with Gasteiger partial charge in [-0.25, -0.2) is 0 Å². The van der Waals surface area contributed by atoms with Gasteiger partial charge in [-0.05, 0) is 30.2 Å².